The molecule has 420 valence electrons. The quantitative estimate of drug-likeness (QED) is 0.165. The third-order valence-electron chi connectivity index (χ3n) is 17.2. The summed E-state index contributed by atoms with van der Waals surface area (Å²) in [5.74, 6) is 0.832. The van der Waals surface area contributed by atoms with E-state index in [1.54, 1.807) is 0 Å². The standard InChI is InChI=1S/C80H74N4O/c1-77(2,3)57-35-37-62-51(44-57)34-38-68(80(10,11)12)73(62)53-33-36-67(72(85)46-53)76-82-74-63(28-22-32-71(74)84(76)61-48-58(78(4,5)6)47-59(49-61)79(7,8)9)55-41-54(50-23-15-13-16-24-50)42-56(43-55)69-45-52(39-40-81-69)64-29-21-30-66-65-27-19-20-31-70(65)83(75(64)66)60-25-17-14-18-26-60/h13-49,85H,1-12H3. The molecule has 3 heterocycles. The molecule has 0 aliphatic rings. The first kappa shape index (κ1) is 54.9. The van der Waals surface area contributed by atoms with E-state index < -0.39 is 0 Å². The third kappa shape index (κ3) is 9.99. The second-order valence-corrected chi connectivity index (χ2v) is 27.4. The van der Waals surface area contributed by atoms with E-state index in [0.717, 1.165) is 83.7 Å². The van der Waals surface area contributed by atoms with Gasteiger partial charge < -0.3 is 9.67 Å². The lowest BCUT2D eigenvalue weighted by atomic mass is 9.78. The molecule has 1 N–H and O–H groups in total. The van der Waals surface area contributed by atoms with Gasteiger partial charge in [-0.05, 0) is 167 Å². The van der Waals surface area contributed by atoms with Crippen molar-refractivity contribution < 1.29 is 5.11 Å². The van der Waals surface area contributed by atoms with Crippen LogP contribution in [0.15, 0.2) is 225 Å². The number of hydrogen-bond donors (Lipinski definition) is 1. The van der Waals surface area contributed by atoms with Gasteiger partial charge in [0.15, 0.2) is 0 Å². The molecule has 0 saturated heterocycles. The number of phenolic OH excluding ortho intramolecular Hbond substituents is 1. The SMILES string of the molecule is CC(C)(C)c1cc(-n2c(-c3ccc(-c4c(C(C)(C)C)ccc5cc(C(C)(C)C)ccc45)cc3O)nc3c(-c4cc(-c5ccccc5)cc(-c5cc(-c6cccc7c8ccccc8n(-c8ccccc8)c67)ccn5)c4)cccc32)cc(C(C)(C)C)c1. The van der Waals surface area contributed by atoms with Crippen LogP contribution in [0.5, 0.6) is 5.75 Å². The Labute approximate surface area is 501 Å². The van der Waals surface area contributed by atoms with Crippen molar-refractivity contribution >= 4 is 43.6 Å². The van der Waals surface area contributed by atoms with E-state index in [-0.39, 0.29) is 27.4 Å². The summed E-state index contributed by atoms with van der Waals surface area (Å²) in [6.07, 6.45) is 1.95. The zero-order chi connectivity index (χ0) is 59.3. The van der Waals surface area contributed by atoms with Crippen LogP contribution in [-0.2, 0) is 21.7 Å². The van der Waals surface area contributed by atoms with Crippen molar-refractivity contribution in [3.8, 4) is 84.3 Å². The van der Waals surface area contributed by atoms with Crippen LogP contribution in [0.25, 0.3) is 122 Å². The number of phenols is 1. The fraction of sp³-hybridized carbons (Fsp3) is 0.200. The second-order valence-electron chi connectivity index (χ2n) is 27.4. The molecule has 0 atom stereocenters. The second kappa shape index (κ2) is 20.5. The van der Waals surface area contributed by atoms with Crippen LogP contribution in [0.3, 0.4) is 0 Å². The maximum absolute atomic E-state index is 12.8. The summed E-state index contributed by atoms with van der Waals surface area (Å²) in [4.78, 5) is 10.9. The number of imidazole rings is 1. The first-order chi connectivity index (χ1) is 40.6. The molecule has 13 rings (SSSR count). The van der Waals surface area contributed by atoms with Gasteiger partial charge in [-0.15, -0.1) is 0 Å². The van der Waals surface area contributed by atoms with Crippen molar-refractivity contribution in [3.05, 3.63) is 247 Å². The minimum Gasteiger partial charge on any atom is -0.507 e. The number of pyridine rings is 1. The van der Waals surface area contributed by atoms with Gasteiger partial charge in [-0.3, -0.25) is 9.55 Å². The van der Waals surface area contributed by atoms with Crippen molar-refractivity contribution in [2.45, 2.75) is 105 Å². The molecule has 0 amide bonds. The zero-order valence-electron chi connectivity index (χ0n) is 51.1. The molecule has 10 aromatic carbocycles. The summed E-state index contributed by atoms with van der Waals surface area (Å²) in [6, 6.07) is 79.1. The van der Waals surface area contributed by atoms with E-state index in [1.807, 2.05) is 12.3 Å². The molecule has 0 fully saturated rings. The summed E-state index contributed by atoms with van der Waals surface area (Å²) in [5, 5.41) is 17.6. The van der Waals surface area contributed by atoms with Gasteiger partial charge in [0.25, 0.3) is 0 Å². The Balaban J connectivity index is 1.02. The molecular formula is C80H74N4O. The lowest BCUT2D eigenvalue weighted by molar-refractivity contribution is 0.477. The summed E-state index contributed by atoms with van der Waals surface area (Å²) in [5.41, 5.74) is 21.7. The molecule has 0 saturated carbocycles. The molecule has 0 spiro atoms. The molecule has 13 aromatic rings. The van der Waals surface area contributed by atoms with Crippen LogP contribution in [0.1, 0.15) is 105 Å². The Morgan fingerprint density at radius 2 is 1.00 bits per heavy atom. The van der Waals surface area contributed by atoms with Crippen molar-refractivity contribution in [2.24, 2.45) is 0 Å². The number of fused-ring (bicyclic) bond motifs is 5. The average molecular weight is 1110 g/mol. The molecule has 85 heavy (non-hydrogen) atoms. The Morgan fingerprint density at radius 3 is 1.71 bits per heavy atom. The first-order valence-corrected chi connectivity index (χ1v) is 29.9. The van der Waals surface area contributed by atoms with Crippen molar-refractivity contribution in [1.82, 2.24) is 19.1 Å². The van der Waals surface area contributed by atoms with Crippen LogP contribution in [0.2, 0.25) is 0 Å². The highest BCUT2D eigenvalue weighted by Gasteiger charge is 2.28. The van der Waals surface area contributed by atoms with Gasteiger partial charge in [0.2, 0.25) is 0 Å². The van der Waals surface area contributed by atoms with Gasteiger partial charge in [0, 0.05) is 45.0 Å². The highest BCUT2D eigenvalue weighted by Crippen LogP contribution is 2.46. The summed E-state index contributed by atoms with van der Waals surface area (Å²) >= 11 is 0. The molecule has 0 bridgehead atoms. The van der Waals surface area contributed by atoms with E-state index in [4.69, 9.17) is 9.97 Å². The molecule has 5 nitrogen and oxygen atoms in total. The maximum atomic E-state index is 12.8. The molecule has 0 unspecified atom stereocenters. The average Bonchev–Trinajstić information content (AvgIpc) is 1.92. The number of hydrogen-bond acceptors (Lipinski definition) is 3. The number of aromatic nitrogens is 4. The van der Waals surface area contributed by atoms with Crippen LogP contribution in [0, 0.1) is 0 Å². The lowest BCUT2D eigenvalue weighted by Crippen LogP contribution is -2.17. The minimum absolute atomic E-state index is 0.00236. The number of para-hydroxylation sites is 4. The lowest BCUT2D eigenvalue weighted by Gasteiger charge is -2.27. The fourth-order valence-corrected chi connectivity index (χ4v) is 12.6. The number of benzene rings is 10. The zero-order valence-corrected chi connectivity index (χ0v) is 51.1. The number of nitrogens with zero attached hydrogens (tertiary/aromatic N) is 4. The number of aromatic hydroxyl groups is 1. The highest BCUT2D eigenvalue weighted by atomic mass is 16.3. The minimum atomic E-state index is -0.163. The van der Waals surface area contributed by atoms with Crippen LogP contribution < -0.4 is 0 Å². The Hall–Kier alpha value is -9.32. The van der Waals surface area contributed by atoms with Crippen molar-refractivity contribution in [2.75, 3.05) is 0 Å². The molecule has 0 aliphatic heterocycles. The Bertz CT molecular complexity index is 4710. The molecule has 3 aromatic heterocycles. The predicted octanol–water partition coefficient (Wildman–Crippen LogP) is 21.6. The van der Waals surface area contributed by atoms with Gasteiger partial charge >= 0.3 is 0 Å². The Kier molecular flexibility index (Phi) is 13.2. The van der Waals surface area contributed by atoms with Gasteiger partial charge in [-0.2, -0.15) is 0 Å². The maximum Gasteiger partial charge on any atom is 0.149 e. The highest BCUT2D eigenvalue weighted by molar-refractivity contribution is 6.14. The summed E-state index contributed by atoms with van der Waals surface area (Å²) in [6.45, 7) is 27.3. The summed E-state index contributed by atoms with van der Waals surface area (Å²) in [7, 11) is 0. The molecule has 0 aliphatic carbocycles. The predicted molar refractivity (Wildman–Crippen MR) is 360 cm³/mol. The largest absolute Gasteiger partial charge is 0.507 e. The smallest absolute Gasteiger partial charge is 0.149 e. The van der Waals surface area contributed by atoms with Gasteiger partial charge in [0.1, 0.15) is 11.6 Å². The van der Waals surface area contributed by atoms with Crippen LogP contribution >= 0.6 is 0 Å². The van der Waals surface area contributed by atoms with Gasteiger partial charge in [0.05, 0.1) is 33.3 Å². The number of rotatable bonds is 8. The van der Waals surface area contributed by atoms with Crippen LogP contribution in [0.4, 0.5) is 0 Å². The van der Waals surface area contributed by atoms with Crippen molar-refractivity contribution in [3.63, 3.8) is 0 Å². The topological polar surface area (TPSA) is 55.9 Å². The van der Waals surface area contributed by atoms with Gasteiger partial charge in [-0.1, -0.05) is 223 Å². The van der Waals surface area contributed by atoms with E-state index in [0.29, 0.717) is 11.4 Å². The normalized spacial score (nSPS) is 12.5. The Morgan fingerprint density at radius 1 is 0.365 bits per heavy atom. The molecule has 0 radical (unpaired) electrons. The summed E-state index contributed by atoms with van der Waals surface area (Å²) < 4.78 is 4.68. The van der Waals surface area contributed by atoms with E-state index >= 15 is 0 Å². The van der Waals surface area contributed by atoms with E-state index in [2.05, 4.69) is 305 Å². The van der Waals surface area contributed by atoms with E-state index in [1.165, 1.54) is 49.3 Å². The molecule has 5 heteroatoms. The van der Waals surface area contributed by atoms with Crippen molar-refractivity contribution in [1.29, 1.82) is 0 Å². The first-order valence-electron chi connectivity index (χ1n) is 29.9. The van der Waals surface area contributed by atoms with E-state index in [9.17, 15) is 5.11 Å². The van der Waals surface area contributed by atoms with Gasteiger partial charge in [-0.25, -0.2) is 4.98 Å². The molecular weight excluding hydrogens is 1030 g/mol. The van der Waals surface area contributed by atoms with Crippen LogP contribution in [-0.4, -0.2) is 24.2 Å². The fourth-order valence-electron chi connectivity index (χ4n) is 12.6. The monoisotopic (exact) mass is 1110 g/mol. The third-order valence-corrected chi connectivity index (χ3v) is 17.2.